The van der Waals surface area contributed by atoms with E-state index in [1.165, 1.54) is 11.3 Å². The normalized spacial score (nSPS) is 13.6. The Morgan fingerprint density at radius 1 is 1.26 bits per heavy atom. The van der Waals surface area contributed by atoms with Crippen LogP contribution in [0.2, 0.25) is 0 Å². The van der Waals surface area contributed by atoms with E-state index in [1.807, 2.05) is 49.4 Å². The van der Waals surface area contributed by atoms with Gasteiger partial charge in [0, 0.05) is 23.7 Å². The fourth-order valence-corrected chi connectivity index (χ4v) is 4.28. The van der Waals surface area contributed by atoms with E-state index in [4.69, 9.17) is 9.47 Å². The average Bonchev–Trinajstić information content (AvgIpc) is 3.40. The fourth-order valence-electron chi connectivity index (χ4n) is 3.73. The second-order valence-electron chi connectivity index (χ2n) is 7.04. The molecule has 2 heterocycles. The number of carbonyl (C=O) groups excluding carboxylic acids is 2. The van der Waals surface area contributed by atoms with Crippen molar-refractivity contribution >= 4 is 28.3 Å². The van der Waals surface area contributed by atoms with E-state index in [2.05, 4.69) is 10.3 Å². The van der Waals surface area contributed by atoms with Crippen LogP contribution in [-0.4, -0.2) is 35.4 Å². The highest BCUT2D eigenvalue weighted by Gasteiger charge is 2.35. The monoisotopic (exact) mass is 437 g/mol. The molecule has 1 aromatic heterocycles. The van der Waals surface area contributed by atoms with E-state index in [1.54, 1.807) is 23.6 Å². The van der Waals surface area contributed by atoms with Gasteiger partial charge in [0.05, 0.1) is 26.2 Å². The van der Waals surface area contributed by atoms with Gasteiger partial charge in [-0.15, -0.1) is 11.3 Å². The Balaban J connectivity index is 1.66. The molecule has 0 unspecified atom stereocenters. The van der Waals surface area contributed by atoms with Crippen LogP contribution in [-0.2, 0) is 11.3 Å². The predicted octanol–water partition coefficient (Wildman–Crippen LogP) is 4.28. The van der Waals surface area contributed by atoms with Crippen molar-refractivity contribution in [3.05, 3.63) is 70.7 Å². The van der Waals surface area contributed by atoms with Crippen LogP contribution >= 0.6 is 11.3 Å². The Bertz CT molecular complexity index is 1080. The third-order valence-electron chi connectivity index (χ3n) is 5.16. The predicted molar refractivity (Wildman–Crippen MR) is 119 cm³/mol. The third kappa shape index (κ3) is 4.39. The molecule has 1 aliphatic heterocycles. The maximum Gasteiger partial charge on any atom is 0.255 e. The van der Waals surface area contributed by atoms with Gasteiger partial charge in [-0.25, -0.2) is 4.98 Å². The number of aromatic nitrogens is 1. The minimum Gasteiger partial charge on any atom is -0.493 e. The van der Waals surface area contributed by atoms with Gasteiger partial charge in [0.15, 0.2) is 16.6 Å². The number of amides is 2. The van der Waals surface area contributed by atoms with E-state index in [0.29, 0.717) is 35.3 Å². The minimum absolute atomic E-state index is 0.0875. The van der Waals surface area contributed by atoms with Crippen molar-refractivity contribution in [1.29, 1.82) is 0 Å². The topological polar surface area (TPSA) is 80.8 Å². The molecule has 8 heteroatoms. The van der Waals surface area contributed by atoms with E-state index in [0.717, 1.165) is 11.1 Å². The zero-order valence-electron chi connectivity index (χ0n) is 17.3. The molecule has 0 saturated carbocycles. The van der Waals surface area contributed by atoms with Gasteiger partial charge >= 0.3 is 0 Å². The number of thiazole rings is 1. The van der Waals surface area contributed by atoms with E-state index >= 15 is 0 Å². The number of ether oxygens (including phenoxy) is 2. The number of methoxy groups -OCH3 is 1. The van der Waals surface area contributed by atoms with Gasteiger partial charge in [-0.3, -0.25) is 9.59 Å². The third-order valence-corrected chi connectivity index (χ3v) is 5.84. The number of nitrogens with one attached hydrogen (secondary N) is 1. The van der Waals surface area contributed by atoms with Crippen molar-refractivity contribution in [2.75, 3.05) is 19.0 Å². The molecule has 7 nitrogen and oxygen atoms in total. The largest absolute Gasteiger partial charge is 0.493 e. The molecule has 4 rings (SSSR count). The van der Waals surface area contributed by atoms with Gasteiger partial charge in [-0.05, 0) is 36.2 Å². The molecule has 0 bridgehead atoms. The maximum absolute atomic E-state index is 13.2. The van der Waals surface area contributed by atoms with Crippen LogP contribution < -0.4 is 14.8 Å². The summed E-state index contributed by atoms with van der Waals surface area (Å²) in [6.45, 7) is 2.86. The van der Waals surface area contributed by atoms with Gasteiger partial charge in [0.2, 0.25) is 5.91 Å². The lowest BCUT2D eigenvalue weighted by atomic mass is 10.0. The Kier molecular flexibility index (Phi) is 6.18. The Hall–Kier alpha value is -3.39. The number of nitrogens with zero attached hydrogens (tertiary/aromatic N) is 2. The number of anilines is 1. The van der Waals surface area contributed by atoms with Crippen LogP contribution in [0.1, 0.15) is 40.9 Å². The molecular weight excluding hydrogens is 414 g/mol. The summed E-state index contributed by atoms with van der Waals surface area (Å²) in [6.07, 6.45) is 1.73. The summed E-state index contributed by atoms with van der Waals surface area (Å²) in [5, 5.41) is 5.14. The summed E-state index contributed by atoms with van der Waals surface area (Å²) in [5.41, 5.74) is 2.43. The summed E-state index contributed by atoms with van der Waals surface area (Å²) in [4.78, 5) is 31.8. The molecule has 1 N–H and O–H groups in total. The molecule has 1 aliphatic rings. The van der Waals surface area contributed by atoms with Crippen molar-refractivity contribution < 1.29 is 19.1 Å². The lowest BCUT2D eigenvalue weighted by molar-refractivity contribution is -0.117. The van der Waals surface area contributed by atoms with Crippen LogP contribution in [0.4, 0.5) is 5.13 Å². The number of fused-ring (bicyclic) bond motifs is 1. The molecule has 2 amide bonds. The number of carbonyl (C=O) groups is 2. The molecule has 1 atom stereocenters. The highest BCUT2D eigenvalue weighted by atomic mass is 32.1. The van der Waals surface area contributed by atoms with Gasteiger partial charge in [-0.1, -0.05) is 24.3 Å². The summed E-state index contributed by atoms with van der Waals surface area (Å²) in [7, 11) is 1.57. The lowest BCUT2D eigenvalue weighted by Crippen LogP contribution is -2.32. The van der Waals surface area contributed by atoms with Gasteiger partial charge in [-0.2, -0.15) is 0 Å². The van der Waals surface area contributed by atoms with Crippen LogP contribution in [0.5, 0.6) is 11.5 Å². The summed E-state index contributed by atoms with van der Waals surface area (Å²) in [5.74, 6) is 0.886. The van der Waals surface area contributed by atoms with Gasteiger partial charge in [0.1, 0.15) is 0 Å². The van der Waals surface area contributed by atoms with Crippen molar-refractivity contribution in [2.24, 2.45) is 0 Å². The molecule has 0 radical (unpaired) electrons. The number of rotatable bonds is 8. The van der Waals surface area contributed by atoms with Gasteiger partial charge in [0.25, 0.3) is 5.91 Å². The molecule has 0 aliphatic carbocycles. The number of hydrogen-bond acceptors (Lipinski definition) is 6. The molecule has 0 spiro atoms. The van der Waals surface area contributed by atoms with E-state index in [-0.39, 0.29) is 18.2 Å². The fraction of sp³-hybridized carbons (Fsp3) is 0.261. The first kappa shape index (κ1) is 20.9. The molecule has 2 aromatic carbocycles. The van der Waals surface area contributed by atoms with Crippen LogP contribution in [0, 0.1) is 0 Å². The average molecular weight is 438 g/mol. The number of benzene rings is 2. The second kappa shape index (κ2) is 9.18. The van der Waals surface area contributed by atoms with Crippen LogP contribution in [0.25, 0.3) is 0 Å². The quantitative estimate of drug-likeness (QED) is 0.569. The summed E-state index contributed by atoms with van der Waals surface area (Å²) < 4.78 is 11.1. The van der Waals surface area contributed by atoms with Crippen molar-refractivity contribution in [3.8, 4) is 11.5 Å². The zero-order chi connectivity index (χ0) is 21.8. The molecule has 3 aromatic rings. The second-order valence-corrected chi connectivity index (χ2v) is 7.93. The Labute approximate surface area is 184 Å². The molecule has 160 valence electrons. The first-order valence-electron chi connectivity index (χ1n) is 9.99. The molecular formula is C23H23N3O4S. The maximum atomic E-state index is 13.2. The first-order valence-corrected chi connectivity index (χ1v) is 10.9. The van der Waals surface area contributed by atoms with Crippen LogP contribution in [0.3, 0.4) is 0 Å². The zero-order valence-corrected chi connectivity index (χ0v) is 18.1. The van der Waals surface area contributed by atoms with Crippen molar-refractivity contribution in [3.63, 3.8) is 0 Å². The standard InChI is InChI=1S/C23H23N3O4S/c1-3-30-19-9-8-15(12-20(19)29-2)18(13-21(27)25-23-24-10-11-31-23)26-14-16-6-4-5-7-17(16)22(26)28/h4-12,18H,3,13-14H2,1-2H3,(H,24,25,27)/t18-/m1/s1. The van der Waals surface area contributed by atoms with E-state index < -0.39 is 6.04 Å². The van der Waals surface area contributed by atoms with Gasteiger partial charge < -0.3 is 19.7 Å². The molecule has 0 fully saturated rings. The summed E-state index contributed by atoms with van der Waals surface area (Å²) >= 11 is 1.35. The highest BCUT2D eigenvalue weighted by Crippen LogP contribution is 2.37. The van der Waals surface area contributed by atoms with E-state index in [9.17, 15) is 9.59 Å². The Morgan fingerprint density at radius 3 is 2.81 bits per heavy atom. The lowest BCUT2D eigenvalue weighted by Gasteiger charge is -2.28. The summed E-state index contributed by atoms with van der Waals surface area (Å²) in [6, 6.07) is 12.6. The minimum atomic E-state index is -0.468. The van der Waals surface area contributed by atoms with Crippen molar-refractivity contribution in [1.82, 2.24) is 9.88 Å². The number of hydrogen-bond donors (Lipinski definition) is 1. The smallest absolute Gasteiger partial charge is 0.255 e. The van der Waals surface area contributed by atoms with Crippen LogP contribution in [0.15, 0.2) is 54.0 Å². The Morgan fingerprint density at radius 2 is 2.10 bits per heavy atom. The van der Waals surface area contributed by atoms with Crippen molar-refractivity contribution in [2.45, 2.75) is 25.9 Å². The first-order chi connectivity index (χ1) is 15.1. The molecule has 0 saturated heterocycles. The SMILES string of the molecule is CCOc1ccc([C@@H](CC(=O)Nc2nccs2)N2Cc3ccccc3C2=O)cc1OC. The highest BCUT2D eigenvalue weighted by molar-refractivity contribution is 7.13. The molecule has 31 heavy (non-hydrogen) atoms.